The van der Waals surface area contributed by atoms with Gasteiger partial charge in [-0.15, -0.1) is 0 Å². The monoisotopic (exact) mass is 222 g/mol. The molecule has 1 aromatic carbocycles. The molecule has 90 valence electrons. The first kappa shape index (κ1) is 14.5. The lowest BCUT2D eigenvalue weighted by Gasteiger charge is -2.02. The number of nitrogens with one attached hydrogen (secondary N) is 2. The molecule has 1 rings (SSSR count). The second kappa shape index (κ2) is 8.77. The molecule has 0 aliphatic carbocycles. The van der Waals surface area contributed by atoms with Crippen LogP contribution >= 0.6 is 0 Å². The summed E-state index contributed by atoms with van der Waals surface area (Å²) in [5.74, 6) is 0. The molecular weight excluding hydrogens is 200 g/mol. The fourth-order valence-electron chi connectivity index (χ4n) is 0.954. The van der Waals surface area contributed by atoms with E-state index < -0.39 is 0 Å². The molecule has 1 atom stereocenters. The first-order chi connectivity index (χ1) is 7.63. The Morgan fingerprint density at radius 1 is 1.31 bits per heavy atom. The Morgan fingerprint density at radius 3 is 2.19 bits per heavy atom. The number of carbonyl (C=O) groups is 1. The lowest BCUT2D eigenvalue weighted by molar-refractivity contribution is -0.110. The zero-order valence-electron chi connectivity index (χ0n) is 10.6. The van der Waals surface area contributed by atoms with Gasteiger partial charge in [-0.1, -0.05) is 24.6 Å². The van der Waals surface area contributed by atoms with E-state index in [0.717, 1.165) is 12.8 Å². The van der Waals surface area contributed by atoms with Gasteiger partial charge in [-0.3, -0.25) is 4.79 Å². The van der Waals surface area contributed by atoms with Crippen molar-refractivity contribution in [1.29, 1.82) is 0 Å². The van der Waals surface area contributed by atoms with Crippen LogP contribution in [0.5, 0.6) is 0 Å². The van der Waals surface area contributed by atoms with E-state index in [1.807, 2.05) is 20.9 Å². The predicted molar refractivity (Wildman–Crippen MR) is 69.7 cm³/mol. The Morgan fingerprint density at radius 2 is 1.88 bits per heavy atom. The summed E-state index contributed by atoms with van der Waals surface area (Å²) in [4.78, 5) is 9.66. The van der Waals surface area contributed by atoms with E-state index >= 15 is 0 Å². The van der Waals surface area contributed by atoms with Crippen LogP contribution < -0.4 is 10.6 Å². The van der Waals surface area contributed by atoms with Gasteiger partial charge in [-0.05, 0) is 32.4 Å². The molecule has 0 saturated heterocycles. The van der Waals surface area contributed by atoms with Gasteiger partial charge in [0.1, 0.15) is 0 Å². The molecule has 0 spiro atoms. The molecule has 1 aromatic rings. The minimum Gasteiger partial charge on any atom is -0.388 e. The van der Waals surface area contributed by atoms with Crippen molar-refractivity contribution in [2.75, 3.05) is 12.4 Å². The van der Waals surface area contributed by atoms with Crippen LogP contribution in [0.15, 0.2) is 24.3 Å². The predicted octanol–water partition coefficient (Wildman–Crippen LogP) is 2.57. The quantitative estimate of drug-likeness (QED) is 0.769. The van der Waals surface area contributed by atoms with Crippen LogP contribution in [0.2, 0.25) is 0 Å². The zero-order chi connectivity index (χ0) is 12.4. The third-order valence-electron chi connectivity index (χ3n) is 2.31. The molecule has 0 aliphatic rings. The summed E-state index contributed by atoms with van der Waals surface area (Å²) < 4.78 is 0. The van der Waals surface area contributed by atoms with Crippen molar-refractivity contribution in [3.8, 4) is 0 Å². The number of rotatable bonds is 4. The lowest BCUT2D eigenvalue weighted by atomic mass is 10.2. The van der Waals surface area contributed by atoms with Gasteiger partial charge in [0, 0.05) is 18.8 Å². The second-order valence-corrected chi connectivity index (χ2v) is 3.71. The average molecular weight is 222 g/mol. The number of hydrogen-bond donors (Lipinski definition) is 2. The Labute approximate surface area is 98.3 Å². The number of hydrogen-bond acceptors (Lipinski definition) is 2. The number of anilines is 1. The first-order valence-corrected chi connectivity index (χ1v) is 5.58. The van der Waals surface area contributed by atoms with Gasteiger partial charge < -0.3 is 10.6 Å². The number of amides is 1. The van der Waals surface area contributed by atoms with Crippen LogP contribution in [0.25, 0.3) is 0 Å². The largest absolute Gasteiger partial charge is 0.388 e. The average Bonchev–Trinajstić information content (AvgIpc) is 2.31. The van der Waals surface area contributed by atoms with Crippen LogP contribution in [-0.2, 0) is 4.79 Å². The molecule has 16 heavy (non-hydrogen) atoms. The maximum absolute atomic E-state index is 9.66. The molecule has 0 fully saturated rings. The number of carbonyl (C=O) groups excluding carboxylic acids is 1. The second-order valence-electron chi connectivity index (χ2n) is 3.71. The topological polar surface area (TPSA) is 41.1 Å². The summed E-state index contributed by atoms with van der Waals surface area (Å²) in [5, 5.41) is 5.67. The van der Waals surface area contributed by atoms with Gasteiger partial charge in [0.25, 0.3) is 0 Å². The van der Waals surface area contributed by atoms with E-state index in [9.17, 15) is 4.79 Å². The van der Waals surface area contributed by atoms with E-state index in [-0.39, 0.29) is 0 Å². The molecule has 0 heterocycles. The van der Waals surface area contributed by atoms with Gasteiger partial charge >= 0.3 is 0 Å². The lowest BCUT2D eigenvalue weighted by Crippen LogP contribution is -2.22. The maximum atomic E-state index is 9.66. The smallest absolute Gasteiger partial charge is 0.207 e. The minimum absolute atomic E-state index is 0.331. The molecule has 0 bridgehead atoms. The molecule has 0 aromatic heterocycles. The van der Waals surface area contributed by atoms with E-state index in [1.165, 1.54) is 11.3 Å². The Hall–Kier alpha value is -1.51. The highest BCUT2D eigenvalue weighted by Gasteiger charge is 1.89. The highest BCUT2D eigenvalue weighted by atomic mass is 16.1. The summed E-state index contributed by atoms with van der Waals surface area (Å²) in [7, 11) is 1.92. The fraction of sp³-hybridized carbons (Fsp3) is 0.462. The molecule has 0 radical (unpaired) electrons. The van der Waals surface area contributed by atoms with Crippen LogP contribution in [0.1, 0.15) is 25.8 Å². The molecule has 2 N–H and O–H groups in total. The Kier molecular flexibility index (Phi) is 7.94. The van der Waals surface area contributed by atoms with Crippen molar-refractivity contribution in [1.82, 2.24) is 5.32 Å². The van der Waals surface area contributed by atoms with E-state index in [0.29, 0.717) is 6.04 Å². The van der Waals surface area contributed by atoms with Gasteiger partial charge in [-0.25, -0.2) is 0 Å². The standard InChI is InChI=1S/C8H11N.C5H11NO/c1-7-3-5-8(9-2)6-4-7;1-3-5(2)6-4-7/h3-6,9H,1-2H3;4-5H,3H2,1-2H3,(H,6,7). The molecule has 1 unspecified atom stereocenters. The van der Waals surface area contributed by atoms with E-state index in [4.69, 9.17) is 0 Å². The molecule has 3 nitrogen and oxygen atoms in total. The van der Waals surface area contributed by atoms with Crippen molar-refractivity contribution in [3.05, 3.63) is 29.8 Å². The van der Waals surface area contributed by atoms with Crippen molar-refractivity contribution in [2.45, 2.75) is 33.2 Å². The van der Waals surface area contributed by atoms with Crippen LogP contribution in [0.4, 0.5) is 5.69 Å². The molecule has 1 amide bonds. The summed E-state index contributed by atoms with van der Waals surface area (Å²) in [6.07, 6.45) is 1.73. The molecule has 3 heteroatoms. The third kappa shape index (κ3) is 6.87. The van der Waals surface area contributed by atoms with Crippen molar-refractivity contribution < 1.29 is 4.79 Å². The number of benzene rings is 1. The summed E-state index contributed by atoms with van der Waals surface area (Å²) in [6, 6.07) is 8.64. The van der Waals surface area contributed by atoms with Gasteiger partial charge in [0.05, 0.1) is 0 Å². The van der Waals surface area contributed by atoms with Crippen molar-refractivity contribution in [3.63, 3.8) is 0 Å². The van der Waals surface area contributed by atoms with E-state index in [1.54, 1.807) is 0 Å². The normalized spacial score (nSPS) is 10.8. The number of aryl methyl sites for hydroxylation is 1. The molecule has 0 saturated carbocycles. The van der Waals surface area contributed by atoms with Crippen LogP contribution in [0.3, 0.4) is 0 Å². The van der Waals surface area contributed by atoms with Crippen LogP contribution in [0, 0.1) is 6.92 Å². The third-order valence-corrected chi connectivity index (χ3v) is 2.31. The summed E-state index contributed by atoms with van der Waals surface area (Å²) in [6.45, 7) is 6.08. The minimum atomic E-state index is 0.331. The highest BCUT2D eigenvalue weighted by Crippen LogP contribution is 2.06. The zero-order valence-corrected chi connectivity index (χ0v) is 10.6. The van der Waals surface area contributed by atoms with Crippen molar-refractivity contribution >= 4 is 12.1 Å². The molecule has 0 aliphatic heterocycles. The summed E-state index contributed by atoms with van der Waals surface area (Å²) in [5.41, 5.74) is 2.47. The van der Waals surface area contributed by atoms with Gasteiger partial charge in [0.2, 0.25) is 6.41 Å². The van der Waals surface area contributed by atoms with E-state index in [2.05, 4.69) is 41.8 Å². The Balaban J connectivity index is 0.000000293. The fourth-order valence-corrected chi connectivity index (χ4v) is 0.954. The summed E-state index contributed by atoms with van der Waals surface area (Å²) >= 11 is 0. The van der Waals surface area contributed by atoms with Crippen LogP contribution in [-0.4, -0.2) is 19.5 Å². The maximum Gasteiger partial charge on any atom is 0.207 e. The first-order valence-electron chi connectivity index (χ1n) is 5.58. The van der Waals surface area contributed by atoms with Crippen molar-refractivity contribution in [2.24, 2.45) is 0 Å². The highest BCUT2D eigenvalue weighted by molar-refractivity contribution is 5.46. The SMILES string of the molecule is CCC(C)NC=O.CNc1ccc(C)cc1. The molecular formula is C13H22N2O. The van der Waals surface area contributed by atoms with Gasteiger partial charge in [-0.2, -0.15) is 0 Å². The van der Waals surface area contributed by atoms with Gasteiger partial charge in [0.15, 0.2) is 0 Å². The Bertz CT molecular complexity index is 282.